The summed E-state index contributed by atoms with van der Waals surface area (Å²) in [6.45, 7) is 8.98. The van der Waals surface area contributed by atoms with Gasteiger partial charge in [0.1, 0.15) is 11.6 Å². The van der Waals surface area contributed by atoms with Gasteiger partial charge in [0, 0.05) is 12.6 Å². The van der Waals surface area contributed by atoms with Crippen molar-refractivity contribution >= 4 is 5.97 Å². The van der Waals surface area contributed by atoms with Crippen LogP contribution in [0.3, 0.4) is 0 Å². The van der Waals surface area contributed by atoms with Crippen LogP contribution in [-0.4, -0.2) is 36.9 Å². The Balaban J connectivity index is 2.33. The third-order valence-electron chi connectivity index (χ3n) is 2.41. The normalized spacial score (nSPS) is 23.9. The van der Waals surface area contributed by atoms with Crippen molar-refractivity contribution in [2.75, 3.05) is 13.2 Å². The number of nitrogens with one attached hydrogen (secondary N) is 1. The molecule has 0 bridgehead atoms. The van der Waals surface area contributed by atoms with E-state index in [-0.39, 0.29) is 18.1 Å². The van der Waals surface area contributed by atoms with Gasteiger partial charge in [-0.1, -0.05) is 0 Å². The van der Waals surface area contributed by atoms with Crippen LogP contribution in [0.15, 0.2) is 0 Å². The fourth-order valence-electron chi connectivity index (χ4n) is 1.68. The SMILES string of the molecule is C[C@@H](NC1CCCOC1)C(=O)OC(C)(C)C. The first-order valence-electron chi connectivity index (χ1n) is 5.95. The maximum Gasteiger partial charge on any atom is 0.323 e. The summed E-state index contributed by atoms with van der Waals surface area (Å²) < 4.78 is 10.6. The predicted molar refractivity (Wildman–Crippen MR) is 62.3 cm³/mol. The molecule has 1 N–H and O–H groups in total. The summed E-state index contributed by atoms with van der Waals surface area (Å²) in [7, 11) is 0. The standard InChI is InChI=1S/C12H23NO3/c1-9(11(14)16-12(2,3)4)13-10-6-5-7-15-8-10/h9-10,13H,5-8H2,1-4H3/t9-,10?/m1/s1. The molecule has 0 aromatic heterocycles. The van der Waals surface area contributed by atoms with Gasteiger partial charge in [0.25, 0.3) is 0 Å². The van der Waals surface area contributed by atoms with Crippen molar-refractivity contribution in [3.8, 4) is 0 Å². The second-order valence-corrected chi connectivity index (χ2v) is 5.34. The lowest BCUT2D eigenvalue weighted by molar-refractivity contribution is -0.157. The molecule has 0 aromatic carbocycles. The molecular formula is C12H23NO3. The van der Waals surface area contributed by atoms with E-state index in [1.807, 2.05) is 27.7 Å². The van der Waals surface area contributed by atoms with Crippen LogP contribution in [0.5, 0.6) is 0 Å². The predicted octanol–water partition coefficient (Wildman–Crippen LogP) is 1.49. The summed E-state index contributed by atoms with van der Waals surface area (Å²) in [6.07, 6.45) is 2.12. The van der Waals surface area contributed by atoms with Crippen LogP contribution in [0.1, 0.15) is 40.5 Å². The molecule has 0 radical (unpaired) electrons. The minimum atomic E-state index is -0.421. The maximum atomic E-state index is 11.7. The highest BCUT2D eigenvalue weighted by atomic mass is 16.6. The molecule has 1 unspecified atom stereocenters. The van der Waals surface area contributed by atoms with Crippen molar-refractivity contribution in [2.24, 2.45) is 0 Å². The minimum Gasteiger partial charge on any atom is -0.459 e. The molecule has 1 saturated heterocycles. The molecule has 0 spiro atoms. The second-order valence-electron chi connectivity index (χ2n) is 5.34. The molecule has 0 saturated carbocycles. The maximum absolute atomic E-state index is 11.7. The van der Waals surface area contributed by atoms with Crippen LogP contribution in [0.2, 0.25) is 0 Å². The Hall–Kier alpha value is -0.610. The summed E-state index contributed by atoms with van der Waals surface area (Å²) in [4.78, 5) is 11.7. The fraction of sp³-hybridized carbons (Fsp3) is 0.917. The van der Waals surface area contributed by atoms with Crippen LogP contribution in [0.25, 0.3) is 0 Å². The van der Waals surface area contributed by atoms with E-state index in [0.717, 1.165) is 19.4 Å². The monoisotopic (exact) mass is 229 g/mol. The van der Waals surface area contributed by atoms with Gasteiger partial charge < -0.3 is 9.47 Å². The van der Waals surface area contributed by atoms with Gasteiger partial charge in [-0.3, -0.25) is 10.1 Å². The lowest BCUT2D eigenvalue weighted by atomic mass is 10.1. The summed E-state index contributed by atoms with van der Waals surface area (Å²) in [5.74, 6) is -0.196. The van der Waals surface area contributed by atoms with E-state index in [1.54, 1.807) is 0 Å². The number of rotatable bonds is 3. The van der Waals surface area contributed by atoms with Gasteiger partial charge in [-0.15, -0.1) is 0 Å². The van der Waals surface area contributed by atoms with Crippen LogP contribution in [-0.2, 0) is 14.3 Å². The molecule has 0 aliphatic carbocycles. The molecule has 16 heavy (non-hydrogen) atoms. The summed E-state index contributed by atoms with van der Waals surface area (Å²) >= 11 is 0. The topological polar surface area (TPSA) is 47.6 Å². The number of hydrogen-bond donors (Lipinski definition) is 1. The lowest BCUT2D eigenvalue weighted by Crippen LogP contribution is -2.47. The number of carbonyl (C=O) groups is 1. The molecule has 4 heteroatoms. The quantitative estimate of drug-likeness (QED) is 0.745. The number of hydrogen-bond acceptors (Lipinski definition) is 4. The molecule has 94 valence electrons. The molecule has 0 aromatic rings. The molecule has 0 amide bonds. The van der Waals surface area contributed by atoms with E-state index in [9.17, 15) is 4.79 Å². The third kappa shape index (κ3) is 4.94. The van der Waals surface area contributed by atoms with E-state index >= 15 is 0 Å². The lowest BCUT2D eigenvalue weighted by Gasteiger charge is -2.28. The Morgan fingerprint density at radius 2 is 2.19 bits per heavy atom. The highest BCUT2D eigenvalue weighted by molar-refractivity contribution is 5.75. The van der Waals surface area contributed by atoms with Crippen molar-refractivity contribution in [1.29, 1.82) is 0 Å². The van der Waals surface area contributed by atoms with Gasteiger partial charge in [0.05, 0.1) is 6.61 Å². The first-order valence-corrected chi connectivity index (χ1v) is 5.95. The average molecular weight is 229 g/mol. The van der Waals surface area contributed by atoms with Gasteiger partial charge in [0.2, 0.25) is 0 Å². The minimum absolute atomic E-state index is 0.196. The second kappa shape index (κ2) is 5.64. The van der Waals surface area contributed by atoms with Gasteiger partial charge in [-0.25, -0.2) is 0 Å². The molecule has 1 aliphatic rings. The highest BCUT2D eigenvalue weighted by Gasteiger charge is 2.24. The third-order valence-corrected chi connectivity index (χ3v) is 2.41. The molecule has 1 rings (SSSR count). The van der Waals surface area contributed by atoms with Gasteiger partial charge in [-0.2, -0.15) is 0 Å². The largest absolute Gasteiger partial charge is 0.459 e. The Morgan fingerprint density at radius 3 is 2.69 bits per heavy atom. The van der Waals surface area contributed by atoms with Crippen molar-refractivity contribution in [3.05, 3.63) is 0 Å². The van der Waals surface area contributed by atoms with Crippen LogP contribution in [0, 0.1) is 0 Å². The molecule has 2 atom stereocenters. The zero-order valence-electron chi connectivity index (χ0n) is 10.7. The Bertz CT molecular complexity index is 229. The van der Waals surface area contributed by atoms with Crippen molar-refractivity contribution in [2.45, 2.75) is 58.2 Å². The van der Waals surface area contributed by atoms with E-state index in [2.05, 4.69) is 5.32 Å². The zero-order chi connectivity index (χ0) is 12.2. The zero-order valence-corrected chi connectivity index (χ0v) is 10.7. The first kappa shape index (κ1) is 13.5. The van der Waals surface area contributed by atoms with Crippen LogP contribution >= 0.6 is 0 Å². The van der Waals surface area contributed by atoms with Gasteiger partial charge >= 0.3 is 5.97 Å². The van der Waals surface area contributed by atoms with Crippen molar-refractivity contribution in [3.63, 3.8) is 0 Å². The Labute approximate surface area is 97.7 Å². The van der Waals surface area contributed by atoms with E-state index in [1.165, 1.54) is 0 Å². The molecule has 4 nitrogen and oxygen atoms in total. The fourth-order valence-corrected chi connectivity index (χ4v) is 1.68. The van der Waals surface area contributed by atoms with Crippen molar-refractivity contribution < 1.29 is 14.3 Å². The Kier molecular flexibility index (Phi) is 4.74. The number of carbonyl (C=O) groups excluding carboxylic acids is 1. The van der Waals surface area contributed by atoms with Crippen molar-refractivity contribution in [1.82, 2.24) is 5.32 Å². The molecular weight excluding hydrogens is 206 g/mol. The average Bonchev–Trinajstić information content (AvgIpc) is 2.16. The number of esters is 1. The Morgan fingerprint density at radius 1 is 1.50 bits per heavy atom. The summed E-state index contributed by atoms with van der Waals surface area (Å²) in [5.41, 5.74) is -0.421. The van der Waals surface area contributed by atoms with E-state index < -0.39 is 5.60 Å². The molecule has 1 fully saturated rings. The van der Waals surface area contributed by atoms with Crippen LogP contribution in [0.4, 0.5) is 0 Å². The number of ether oxygens (including phenoxy) is 2. The van der Waals surface area contributed by atoms with Gasteiger partial charge in [-0.05, 0) is 40.5 Å². The molecule has 1 heterocycles. The highest BCUT2D eigenvalue weighted by Crippen LogP contribution is 2.10. The summed E-state index contributed by atoms with van der Waals surface area (Å²) in [6, 6.07) is 0.00203. The van der Waals surface area contributed by atoms with Crippen LogP contribution < -0.4 is 5.32 Å². The van der Waals surface area contributed by atoms with E-state index in [0.29, 0.717) is 6.61 Å². The first-order chi connectivity index (χ1) is 7.38. The molecule has 1 aliphatic heterocycles. The summed E-state index contributed by atoms with van der Waals surface area (Å²) in [5, 5.41) is 3.24. The smallest absolute Gasteiger partial charge is 0.323 e. The van der Waals surface area contributed by atoms with Gasteiger partial charge in [0.15, 0.2) is 0 Å². The van der Waals surface area contributed by atoms with E-state index in [4.69, 9.17) is 9.47 Å².